The number of Topliss-reactive ketones (excluding diaryl/α,β-unsaturated/α-hetero) is 1. The number of carbonyl (C=O) groups excluding carboxylic acids is 1. The molecule has 0 aliphatic rings. The largest absolute Gasteiger partial charge is 0.293 e. The van der Waals surface area contributed by atoms with Crippen molar-refractivity contribution in [2.75, 3.05) is 5.75 Å². The molecule has 4 nitrogen and oxygen atoms in total. The van der Waals surface area contributed by atoms with E-state index in [9.17, 15) is 4.79 Å². The van der Waals surface area contributed by atoms with E-state index in [-0.39, 0.29) is 11.5 Å². The molecule has 0 N–H and O–H groups in total. The van der Waals surface area contributed by atoms with Gasteiger partial charge >= 0.3 is 0 Å². The number of thioether (sulfide) groups is 1. The number of aryl methyl sites for hydroxylation is 1. The van der Waals surface area contributed by atoms with Crippen LogP contribution in [0.5, 0.6) is 0 Å². The van der Waals surface area contributed by atoms with Crippen LogP contribution >= 0.6 is 23.4 Å². The maximum atomic E-state index is 12.6. The highest BCUT2D eigenvalue weighted by atomic mass is 35.5. The van der Waals surface area contributed by atoms with Crippen LogP contribution in [0.4, 0.5) is 0 Å². The number of aromatic nitrogens is 3. The van der Waals surface area contributed by atoms with Gasteiger partial charge < -0.3 is 0 Å². The molecule has 6 heteroatoms. The molecular weight excluding hydrogens is 414 g/mol. The summed E-state index contributed by atoms with van der Waals surface area (Å²) in [6, 6.07) is 25.2. The number of halogens is 1. The lowest BCUT2D eigenvalue weighted by Crippen LogP contribution is -2.05. The Bertz CT molecular complexity index is 1140. The second-order valence-electron chi connectivity index (χ2n) is 6.75. The summed E-state index contributed by atoms with van der Waals surface area (Å²) in [5, 5.41) is 10.1. The van der Waals surface area contributed by atoms with Gasteiger partial charge in [0.1, 0.15) is 0 Å². The van der Waals surface area contributed by atoms with Crippen LogP contribution < -0.4 is 0 Å². The Morgan fingerprint density at radius 2 is 1.63 bits per heavy atom. The number of ketones is 1. The van der Waals surface area contributed by atoms with E-state index in [0.717, 1.165) is 23.5 Å². The molecule has 0 fully saturated rings. The fraction of sp³-hybridized carbons (Fsp3) is 0.125. The second-order valence-corrected chi connectivity index (χ2v) is 8.13. The Labute approximate surface area is 184 Å². The van der Waals surface area contributed by atoms with E-state index in [4.69, 9.17) is 11.6 Å². The van der Waals surface area contributed by atoms with Gasteiger partial charge in [-0.1, -0.05) is 72.8 Å². The first kappa shape index (κ1) is 20.4. The molecule has 1 aromatic heterocycles. The normalized spacial score (nSPS) is 10.9. The van der Waals surface area contributed by atoms with Gasteiger partial charge in [0.15, 0.2) is 16.8 Å². The molecule has 0 aliphatic heterocycles. The quantitative estimate of drug-likeness (QED) is 0.260. The van der Waals surface area contributed by atoms with Gasteiger partial charge in [-0.05, 0) is 48.4 Å². The van der Waals surface area contributed by atoms with Crippen LogP contribution in [0.15, 0.2) is 84.0 Å². The summed E-state index contributed by atoms with van der Waals surface area (Å²) in [5.74, 6) is 1.04. The molecule has 0 bridgehead atoms. The molecule has 150 valence electrons. The van der Waals surface area contributed by atoms with E-state index in [2.05, 4.69) is 41.4 Å². The Morgan fingerprint density at radius 3 is 2.30 bits per heavy atom. The molecule has 4 aromatic rings. The maximum absolute atomic E-state index is 12.6. The van der Waals surface area contributed by atoms with Crippen molar-refractivity contribution in [3.8, 4) is 17.1 Å². The van der Waals surface area contributed by atoms with Gasteiger partial charge in [0.2, 0.25) is 0 Å². The van der Waals surface area contributed by atoms with Gasteiger partial charge in [-0.2, -0.15) is 0 Å². The highest BCUT2D eigenvalue weighted by Gasteiger charge is 2.17. The first-order valence-corrected chi connectivity index (χ1v) is 11.0. The lowest BCUT2D eigenvalue weighted by atomic mass is 10.1. The highest BCUT2D eigenvalue weighted by Crippen LogP contribution is 2.28. The van der Waals surface area contributed by atoms with E-state index in [1.165, 1.54) is 17.3 Å². The van der Waals surface area contributed by atoms with Crippen molar-refractivity contribution in [3.05, 3.63) is 95.0 Å². The maximum Gasteiger partial charge on any atom is 0.196 e. The van der Waals surface area contributed by atoms with E-state index in [1.807, 2.05) is 34.9 Å². The van der Waals surface area contributed by atoms with Gasteiger partial charge in [-0.25, -0.2) is 0 Å². The van der Waals surface area contributed by atoms with Gasteiger partial charge in [-0.3, -0.25) is 9.36 Å². The zero-order valence-electron chi connectivity index (χ0n) is 16.5. The topological polar surface area (TPSA) is 47.8 Å². The molecule has 0 aliphatic carbocycles. The molecule has 0 saturated carbocycles. The Hall–Kier alpha value is -2.89. The van der Waals surface area contributed by atoms with Crippen molar-refractivity contribution in [2.45, 2.75) is 18.5 Å². The molecule has 4 rings (SSSR count). The summed E-state index contributed by atoms with van der Waals surface area (Å²) in [7, 11) is 0. The molecule has 1 heterocycles. The van der Waals surface area contributed by atoms with Gasteiger partial charge in [0.25, 0.3) is 0 Å². The highest BCUT2D eigenvalue weighted by molar-refractivity contribution is 7.99. The predicted molar refractivity (Wildman–Crippen MR) is 123 cm³/mol. The fourth-order valence-corrected chi connectivity index (χ4v) is 4.07. The van der Waals surface area contributed by atoms with Gasteiger partial charge in [0, 0.05) is 21.8 Å². The first-order valence-electron chi connectivity index (χ1n) is 9.67. The SMILES string of the molecule is CCc1ccc(-n2c(SCC(=O)c3ccc(Cl)cc3)nnc2-c2ccccc2)cc1. The lowest BCUT2D eigenvalue weighted by molar-refractivity contribution is 0.102. The molecular formula is C24H20ClN3OS. The first-order chi connectivity index (χ1) is 14.7. The van der Waals surface area contributed by atoms with Gasteiger partial charge in [0.05, 0.1) is 5.75 Å². The van der Waals surface area contributed by atoms with Gasteiger partial charge in [-0.15, -0.1) is 10.2 Å². The van der Waals surface area contributed by atoms with Crippen LogP contribution in [0.1, 0.15) is 22.8 Å². The van der Waals surface area contributed by atoms with E-state index >= 15 is 0 Å². The lowest BCUT2D eigenvalue weighted by Gasteiger charge is -2.11. The molecule has 0 spiro atoms. The summed E-state index contributed by atoms with van der Waals surface area (Å²) in [4.78, 5) is 12.6. The molecule has 0 atom stereocenters. The van der Waals surface area contributed by atoms with Crippen LogP contribution in [0.2, 0.25) is 5.02 Å². The van der Waals surface area contributed by atoms with Crippen molar-refractivity contribution >= 4 is 29.1 Å². The molecule has 30 heavy (non-hydrogen) atoms. The number of carbonyl (C=O) groups is 1. The smallest absolute Gasteiger partial charge is 0.196 e. The minimum Gasteiger partial charge on any atom is -0.293 e. The second kappa shape index (κ2) is 9.28. The molecule has 3 aromatic carbocycles. The third-order valence-electron chi connectivity index (χ3n) is 4.77. The summed E-state index contributed by atoms with van der Waals surface area (Å²) in [5.41, 5.74) is 3.84. The number of hydrogen-bond donors (Lipinski definition) is 0. The van der Waals surface area contributed by atoms with Crippen molar-refractivity contribution < 1.29 is 4.79 Å². The third kappa shape index (κ3) is 4.48. The van der Waals surface area contributed by atoms with Crippen LogP contribution in [0, 0.1) is 0 Å². The fourth-order valence-electron chi connectivity index (χ4n) is 3.10. The number of rotatable bonds is 7. The average Bonchev–Trinajstić information content (AvgIpc) is 3.22. The van der Waals surface area contributed by atoms with Crippen molar-refractivity contribution in [1.82, 2.24) is 14.8 Å². The number of nitrogens with zero attached hydrogens (tertiary/aromatic N) is 3. The summed E-state index contributed by atoms with van der Waals surface area (Å²) >= 11 is 7.30. The van der Waals surface area contributed by atoms with E-state index in [0.29, 0.717) is 15.7 Å². The standard InChI is InChI=1S/C24H20ClN3OS/c1-2-17-8-14-21(15-9-17)28-23(19-6-4-3-5-7-19)26-27-24(28)30-16-22(29)18-10-12-20(25)13-11-18/h3-15H,2,16H2,1H3. The average molecular weight is 434 g/mol. The zero-order valence-corrected chi connectivity index (χ0v) is 18.0. The Balaban J connectivity index is 1.66. The molecule has 0 unspecified atom stereocenters. The molecule has 0 radical (unpaired) electrons. The van der Waals surface area contributed by atoms with Crippen LogP contribution in [-0.2, 0) is 6.42 Å². The predicted octanol–water partition coefficient (Wildman–Crippen LogP) is 6.13. The van der Waals surface area contributed by atoms with Crippen LogP contribution in [0.3, 0.4) is 0 Å². The third-order valence-corrected chi connectivity index (χ3v) is 5.95. The van der Waals surface area contributed by atoms with E-state index in [1.54, 1.807) is 24.3 Å². The Kier molecular flexibility index (Phi) is 6.31. The van der Waals surface area contributed by atoms with E-state index < -0.39 is 0 Å². The van der Waals surface area contributed by atoms with Crippen LogP contribution in [0.25, 0.3) is 17.1 Å². The summed E-state index contributed by atoms with van der Waals surface area (Å²) in [6.45, 7) is 2.13. The summed E-state index contributed by atoms with van der Waals surface area (Å²) < 4.78 is 2.01. The zero-order chi connectivity index (χ0) is 20.9. The number of hydrogen-bond acceptors (Lipinski definition) is 4. The molecule has 0 amide bonds. The Morgan fingerprint density at radius 1 is 0.933 bits per heavy atom. The summed E-state index contributed by atoms with van der Waals surface area (Å²) in [6.07, 6.45) is 0.977. The minimum absolute atomic E-state index is 0.0220. The number of benzene rings is 3. The van der Waals surface area contributed by atoms with Crippen molar-refractivity contribution in [1.29, 1.82) is 0 Å². The minimum atomic E-state index is 0.0220. The van der Waals surface area contributed by atoms with Crippen LogP contribution in [-0.4, -0.2) is 26.3 Å². The van der Waals surface area contributed by atoms with Crippen molar-refractivity contribution in [2.24, 2.45) is 0 Å². The van der Waals surface area contributed by atoms with Crippen molar-refractivity contribution in [3.63, 3.8) is 0 Å². The monoisotopic (exact) mass is 433 g/mol. The molecule has 0 saturated heterocycles.